The lowest BCUT2D eigenvalue weighted by atomic mass is 10.1. The number of aliphatic hydroxyl groups excluding tert-OH is 1. The summed E-state index contributed by atoms with van der Waals surface area (Å²) >= 11 is 0. The maximum atomic E-state index is 12.9. The average molecular weight is 516 g/mol. The Morgan fingerprint density at radius 1 is 0.763 bits per heavy atom. The van der Waals surface area contributed by atoms with E-state index in [9.17, 15) is 9.90 Å². The predicted molar refractivity (Wildman–Crippen MR) is 150 cm³/mol. The van der Waals surface area contributed by atoms with Gasteiger partial charge in [0.2, 0.25) is 0 Å². The summed E-state index contributed by atoms with van der Waals surface area (Å²) in [5.74, 6) is 2.27. The smallest absolute Gasteiger partial charge is 0.161 e. The molecule has 0 amide bonds. The van der Waals surface area contributed by atoms with Crippen LogP contribution in [0.3, 0.4) is 0 Å². The van der Waals surface area contributed by atoms with Crippen LogP contribution in [-0.2, 0) is 4.79 Å². The summed E-state index contributed by atoms with van der Waals surface area (Å²) in [5, 5.41) is 10.0. The number of aliphatic imine (C=N–C) groups is 1. The first-order valence-electron chi connectivity index (χ1n) is 12.1. The third-order valence-corrected chi connectivity index (χ3v) is 5.78. The molecule has 3 rings (SSSR count). The van der Waals surface area contributed by atoms with E-state index in [0.29, 0.717) is 28.7 Å². The number of methoxy groups -OCH3 is 4. The number of carbonyl (C=O) groups excluding carboxylic acids is 1. The fraction of sp³-hybridized carbons (Fsp3) is 0.226. The van der Waals surface area contributed by atoms with Gasteiger partial charge < -0.3 is 24.1 Å². The van der Waals surface area contributed by atoms with E-state index in [1.54, 1.807) is 52.7 Å². The summed E-state index contributed by atoms with van der Waals surface area (Å²) in [6, 6.07) is 20.0. The first-order chi connectivity index (χ1) is 18.5. The molecular weight excluding hydrogens is 482 g/mol. The van der Waals surface area contributed by atoms with Gasteiger partial charge in [-0.05, 0) is 53.1 Å². The summed E-state index contributed by atoms with van der Waals surface area (Å²) < 4.78 is 21.3. The maximum absolute atomic E-state index is 12.9. The summed E-state index contributed by atoms with van der Waals surface area (Å²) in [5.41, 5.74) is 3.04. The number of nitrogens with zero attached hydrogens (tertiary/aromatic N) is 1. The van der Waals surface area contributed by atoms with Gasteiger partial charge in [-0.25, -0.2) is 0 Å². The highest BCUT2D eigenvalue weighted by atomic mass is 16.5. The molecule has 7 nitrogen and oxygen atoms in total. The van der Waals surface area contributed by atoms with E-state index in [1.807, 2.05) is 60.7 Å². The lowest BCUT2D eigenvalue weighted by Crippen LogP contribution is -2.09. The Kier molecular flexibility index (Phi) is 10.7. The van der Waals surface area contributed by atoms with Crippen LogP contribution >= 0.6 is 0 Å². The van der Waals surface area contributed by atoms with Gasteiger partial charge in [0.05, 0.1) is 47.5 Å². The minimum atomic E-state index is -0.496. The summed E-state index contributed by atoms with van der Waals surface area (Å²) in [6.07, 6.45) is 6.93. The Morgan fingerprint density at radius 2 is 1.29 bits per heavy atom. The molecule has 0 saturated carbocycles. The molecule has 0 aliphatic carbocycles. The van der Waals surface area contributed by atoms with Crippen LogP contribution in [0.25, 0.3) is 12.2 Å². The number of allylic oxidation sites excluding steroid dienone is 2. The average Bonchev–Trinajstić information content (AvgIpc) is 2.97. The minimum absolute atomic E-state index is 0.0525. The third kappa shape index (κ3) is 7.82. The van der Waals surface area contributed by atoms with Gasteiger partial charge in [0.25, 0.3) is 0 Å². The van der Waals surface area contributed by atoms with Crippen LogP contribution in [0.1, 0.15) is 29.2 Å². The fourth-order valence-electron chi connectivity index (χ4n) is 3.78. The van der Waals surface area contributed by atoms with Gasteiger partial charge in [-0.3, -0.25) is 9.79 Å². The molecule has 198 valence electrons. The van der Waals surface area contributed by atoms with Crippen LogP contribution in [0.5, 0.6) is 23.0 Å². The highest BCUT2D eigenvalue weighted by Crippen LogP contribution is 2.29. The zero-order chi connectivity index (χ0) is 27.3. The van der Waals surface area contributed by atoms with Crippen LogP contribution in [0, 0.1) is 0 Å². The molecule has 0 aliphatic rings. The number of aliphatic hydroxyl groups is 1. The second-order valence-corrected chi connectivity index (χ2v) is 8.27. The van der Waals surface area contributed by atoms with Crippen molar-refractivity contribution >= 4 is 23.6 Å². The molecule has 1 atom stereocenters. The molecule has 0 aliphatic heterocycles. The van der Waals surface area contributed by atoms with Crippen molar-refractivity contribution in [2.75, 3.05) is 35.0 Å². The number of ether oxygens (including phenoxy) is 4. The van der Waals surface area contributed by atoms with Gasteiger partial charge in [0.1, 0.15) is 0 Å². The predicted octanol–water partition coefficient (Wildman–Crippen LogP) is 5.58. The second kappa shape index (κ2) is 14.4. The number of carbonyl (C=O) groups is 1. The Labute approximate surface area is 223 Å². The maximum Gasteiger partial charge on any atom is 0.161 e. The molecule has 0 fully saturated rings. The lowest BCUT2D eigenvalue weighted by Gasteiger charge is -2.12. The number of hydrogen-bond acceptors (Lipinski definition) is 7. The Bertz CT molecular complexity index is 1300. The van der Waals surface area contributed by atoms with E-state index in [2.05, 4.69) is 0 Å². The van der Waals surface area contributed by atoms with Crippen LogP contribution in [0.4, 0.5) is 0 Å². The van der Waals surface area contributed by atoms with Gasteiger partial charge in [0, 0.05) is 5.71 Å². The van der Waals surface area contributed by atoms with E-state index in [1.165, 1.54) is 6.08 Å². The van der Waals surface area contributed by atoms with Gasteiger partial charge in [-0.15, -0.1) is 0 Å². The Hall–Kier alpha value is -4.36. The van der Waals surface area contributed by atoms with Crippen molar-refractivity contribution in [2.45, 2.75) is 12.5 Å². The minimum Gasteiger partial charge on any atom is -0.493 e. The van der Waals surface area contributed by atoms with Crippen LogP contribution in [0.2, 0.25) is 0 Å². The van der Waals surface area contributed by atoms with Crippen molar-refractivity contribution in [3.05, 3.63) is 95.6 Å². The Balaban J connectivity index is 1.87. The molecule has 1 N–H and O–H groups in total. The molecule has 3 aromatic rings. The van der Waals surface area contributed by atoms with E-state index in [4.69, 9.17) is 23.9 Å². The third-order valence-electron chi connectivity index (χ3n) is 5.78. The molecule has 0 heterocycles. The summed E-state index contributed by atoms with van der Waals surface area (Å²) in [7, 11) is 6.29. The van der Waals surface area contributed by atoms with Crippen LogP contribution in [-0.4, -0.2) is 51.6 Å². The number of rotatable bonds is 13. The molecule has 0 bridgehead atoms. The first-order valence-corrected chi connectivity index (χ1v) is 12.1. The van der Waals surface area contributed by atoms with Crippen molar-refractivity contribution in [3.8, 4) is 23.0 Å². The number of hydrogen-bond donors (Lipinski definition) is 1. The zero-order valence-electron chi connectivity index (χ0n) is 22.1. The van der Waals surface area contributed by atoms with E-state index < -0.39 is 6.04 Å². The molecular formula is C31H33NO6. The number of benzene rings is 3. The normalized spacial score (nSPS) is 12.5. The van der Waals surface area contributed by atoms with E-state index >= 15 is 0 Å². The molecule has 0 unspecified atom stereocenters. The van der Waals surface area contributed by atoms with Gasteiger partial charge in [-0.2, -0.15) is 0 Å². The first kappa shape index (κ1) is 28.2. The topological polar surface area (TPSA) is 86.6 Å². The van der Waals surface area contributed by atoms with Crippen LogP contribution < -0.4 is 18.9 Å². The van der Waals surface area contributed by atoms with Crippen molar-refractivity contribution in [1.29, 1.82) is 0 Å². The van der Waals surface area contributed by atoms with Crippen molar-refractivity contribution in [1.82, 2.24) is 0 Å². The molecule has 38 heavy (non-hydrogen) atoms. The molecule has 0 saturated heterocycles. The monoisotopic (exact) mass is 515 g/mol. The standard InChI is InChI=1S/C31H33NO6/c1-35-28-16-12-22(18-30(28)37-3)10-14-25(32-27(21-33)24-8-6-5-7-9-24)20-26(34)15-11-23-13-17-29(36-2)31(19-23)38-4/h5-19,27,33H,20-21H2,1-4H3/t27-/m1/s1. The van der Waals surface area contributed by atoms with Crippen molar-refractivity contribution in [2.24, 2.45) is 4.99 Å². The largest absolute Gasteiger partial charge is 0.493 e. The van der Waals surface area contributed by atoms with Crippen LogP contribution in [0.15, 0.2) is 83.9 Å². The van der Waals surface area contributed by atoms with Gasteiger partial charge >= 0.3 is 0 Å². The van der Waals surface area contributed by atoms with E-state index in [0.717, 1.165) is 16.7 Å². The van der Waals surface area contributed by atoms with Crippen molar-refractivity contribution < 1.29 is 28.8 Å². The quantitative estimate of drug-likeness (QED) is 0.236. The molecule has 0 radical (unpaired) electrons. The highest BCUT2D eigenvalue weighted by molar-refractivity contribution is 6.13. The molecule has 7 heteroatoms. The molecule has 0 aromatic heterocycles. The summed E-state index contributed by atoms with van der Waals surface area (Å²) in [6.45, 7) is -0.187. The number of ketones is 1. The second-order valence-electron chi connectivity index (χ2n) is 8.27. The van der Waals surface area contributed by atoms with E-state index in [-0.39, 0.29) is 18.8 Å². The van der Waals surface area contributed by atoms with Gasteiger partial charge in [-0.1, -0.05) is 54.6 Å². The zero-order valence-corrected chi connectivity index (χ0v) is 22.1. The fourth-order valence-corrected chi connectivity index (χ4v) is 3.78. The Morgan fingerprint density at radius 3 is 1.79 bits per heavy atom. The summed E-state index contributed by atoms with van der Waals surface area (Å²) in [4.78, 5) is 17.7. The van der Waals surface area contributed by atoms with Gasteiger partial charge in [0.15, 0.2) is 28.8 Å². The molecule has 3 aromatic carbocycles. The van der Waals surface area contributed by atoms with Crippen molar-refractivity contribution in [3.63, 3.8) is 0 Å². The molecule has 0 spiro atoms. The lowest BCUT2D eigenvalue weighted by molar-refractivity contribution is -0.113. The SMILES string of the molecule is COc1ccc(C=CC(=O)CC(C=Cc2ccc(OC)c(OC)c2)=N[C@H](CO)c2ccccc2)cc1OC. The highest BCUT2D eigenvalue weighted by Gasteiger charge is 2.12.